The summed E-state index contributed by atoms with van der Waals surface area (Å²) in [5.74, 6) is 1.97. The van der Waals surface area contributed by atoms with Crippen LogP contribution in [0.25, 0.3) is 0 Å². The Labute approximate surface area is 129 Å². The Morgan fingerprint density at radius 2 is 2.19 bits per heavy atom. The summed E-state index contributed by atoms with van der Waals surface area (Å²) in [6.07, 6.45) is 0.977. The van der Waals surface area contributed by atoms with Gasteiger partial charge in [-0.1, -0.05) is 43.4 Å². The molecule has 2 aromatic rings. The second-order valence-corrected chi connectivity index (χ2v) is 6.88. The lowest BCUT2D eigenvalue weighted by molar-refractivity contribution is 0.276. The van der Waals surface area contributed by atoms with Crippen LogP contribution in [0.15, 0.2) is 24.3 Å². The molecule has 0 saturated carbocycles. The van der Waals surface area contributed by atoms with E-state index in [-0.39, 0.29) is 0 Å². The van der Waals surface area contributed by atoms with Crippen molar-refractivity contribution >= 4 is 11.3 Å². The first-order valence-corrected chi connectivity index (χ1v) is 8.30. The number of rotatable bonds is 5. The average Bonchev–Trinajstić information content (AvgIpc) is 2.95. The van der Waals surface area contributed by atoms with E-state index in [0.29, 0.717) is 11.8 Å². The third-order valence-electron chi connectivity index (χ3n) is 3.57. The zero-order valence-corrected chi connectivity index (χ0v) is 13.3. The molecule has 0 radical (unpaired) electrons. The molecule has 5 heteroatoms. The van der Waals surface area contributed by atoms with Crippen LogP contribution in [-0.2, 0) is 6.54 Å². The smallest absolute Gasteiger partial charge is 0.131 e. The second kappa shape index (κ2) is 6.54. The maximum atomic E-state index is 5.72. The van der Waals surface area contributed by atoms with Crippen molar-refractivity contribution < 1.29 is 4.74 Å². The van der Waals surface area contributed by atoms with Crippen molar-refractivity contribution in [2.24, 2.45) is 5.92 Å². The molecule has 1 aliphatic heterocycles. The van der Waals surface area contributed by atoms with Gasteiger partial charge in [0.1, 0.15) is 15.8 Å². The zero-order valence-electron chi connectivity index (χ0n) is 12.5. The first-order chi connectivity index (χ1) is 10.2. The van der Waals surface area contributed by atoms with Crippen molar-refractivity contribution in [2.75, 3.05) is 13.2 Å². The minimum Gasteiger partial charge on any atom is -0.493 e. The fourth-order valence-corrected chi connectivity index (χ4v) is 3.51. The molecule has 1 aliphatic rings. The Kier molecular flexibility index (Phi) is 4.51. The molecule has 3 rings (SSSR count). The van der Waals surface area contributed by atoms with Gasteiger partial charge < -0.3 is 10.1 Å². The van der Waals surface area contributed by atoms with Gasteiger partial charge in [-0.2, -0.15) is 0 Å². The minimum atomic E-state index is 0.325. The lowest BCUT2D eigenvalue weighted by Crippen LogP contribution is -2.18. The minimum absolute atomic E-state index is 0.325. The number of aromatic nitrogens is 2. The van der Waals surface area contributed by atoms with Crippen molar-refractivity contribution in [1.82, 2.24) is 15.5 Å². The number of ether oxygens (including phenoxy) is 1. The topological polar surface area (TPSA) is 47.0 Å². The van der Waals surface area contributed by atoms with E-state index in [0.717, 1.165) is 41.9 Å². The van der Waals surface area contributed by atoms with Crippen LogP contribution >= 0.6 is 11.3 Å². The Morgan fingerprint density at radius 3 is 3.05 bits per heavy atom. The fourth-order valence-electron chi connectivity index (χ4n) is 2.55. The zero-order chi connectivity index (χ0) is 14.7. The number of hydrogen-bond acceptors (Lipinski definition) is 5. The van der Waals surface area contributed by atoms with Crippen molar-refractivity contribution in [3.8, 4) is 5.75 Å². The molecule has 0 amide bonds. The van der Waals surface area contributed by atoms with Gasteiger partial charge in [-0.25, -0.2) is 0 Å². The highest BCUT2D eigenvalue weighted by Gasteiger charge is 2.25. The van der Waals surface area contributed by atoms with Crippen LogP contribution in [0, 0.1) is 5.92 Å². The standard InChI is InChI=1S/C16H21N3OS/c1-11(2)9-17-10-15-18-19-16(21-15)13-7-8-20-14-6-4-3-5-12(13)14/h3-6,11,13,17H,7-10H2,1-2H3. The maximum Gasteiger partial charge on any atom is 0.131 e. The van der Waals surface area contributed by atoms with Crippen LogP contribution < -0.4 is 10.1 Å². The summed E-state index contributed by atoms with van der Waals surface area (Å²) in [6.45, 7) is 6.98. The van der Waals surface area contributed by atoms with Crippen LogP contribution in [0.1, 0.15) is 41.8 Å². The van der Waals surface area contributed by atoms with Gasteiger partial charge >= 0.3 is 0 Å². The van der Waals surface area contributed by atoms with E-state index in [1.165, 1.54) is 5.56 Å². The highest BCUT2D eigenvalue weighted by atomic mass is 32.1. The van der Waals surface area contributed by atoms with Gasteiger partial charge in [0.05, 0.1) is 6.61 Å². The molecule has 0 fully saturated rings. The molecule has 0 spiro atoms. The van der Waals surface area contributed by atoms with E-state index >= 15 is 0 Å². The molecule has 1 N–H and O–H groups in total. The SMILES string of the molecule is CC(C)CNCc1nnc(C2CCOc3ccccc32)s1. The summed E-state index contributed by atoms with van der Waals surface area (Å²) in [7, 11) is 0. The van der Waals surface area contributed by atoms with Gasteiger partial charge in [0.25, 0.3) is 0 Å². The van der Waals surface area contributed by atoms with E-state index in [4.69, 9.17) is 4.74 Å². The summed E-state index contributed by atoms with van der Waals surface area (Å²) in [5.41, 5.74) is 1.24. The van der Waals surface area contributed by atoms with Gasteiger partial charge in [0.2, 0.25) is 0 Å². The molecule has 1 atom stereocenters. The first kappa shape index (κ1) is 14.5. The highest BCUT2D eigenvalue weighted by molar-refractivity contribution is 7.11. The number of nitrogens with zero attached hydrogens (tertiary/aromatic N) is 2. The molecule has 0 bridgehead atoms. The third kappa shape index (κ3) is 3.41. The lowest BCUT2D eigenvalue weighted by Gasteiger charge is -2.23. The molecule has 2 heterocycles. The van der Waals surface area contributed by atoms with Gasteiger partial charge in [-0.05, 0) is 24.9 Å². The predicted octanol–water partition coefficient (Wildman–Crippen LogP) is 3.20. The Hall–Kier alpha value is -1.46. The quantitative estimate of drug-likeness (QED) is 0.921. The largest absolute Gasteiger partial charge is 0.493 e. The van der Waals surface area contributed by atoms with Crippen molar-refractivity contribution in [3.63, 3.8) is 0 Å². The van der Waals surface area contributed by atoms with E-state index < -0.39 is 0 Å². The van der Waals surface area contributed by atoms with Crippen LogP contribution in [-0.4, -0.2) is 23.3 Å². The first-order valence-electron chi connectivity index (χ1n) is 7.48. The number of para-hydroxylation sites is 1. The summed E-state index contributed by atoms with van der Waals surface area (Å²) < 4.78 is 5.72. The molecule has 4 nitrogen and oxygen atoms in total. The molecule has 1 unspecified atom stereocenters. The third-order valence-corrected chi connectivity index (χ3v) is 4.60. The summed E-state index contributed by atoms with van der Waals surface area (Å²) in [5, 5.41) is 14.3. The molecule has 0 aliphatic carbocycles. The predicted molar refractivity (Wildman–Crippen MR) is 84.9 cm³/mol. The monoisotopic (exact) mass is 303 g/mol. The number of hydrogen-bond donors (Lipinski definition) is 1. The fraction of sp³-hybridized carbons (Fsp3) is 0.500. The molecular formula is C16H21N3OS. The van der Waals surface area contributed by atoms with Crippen molar-refractivity contribution in [3.05, 3.63) is 39.8 Å². The summed E-state index contributed by atoms with van der Waals surface area (Å²) in [6, 6.07) is 8.25. The molecule has 1 aromatic carbocycles. The molecule has 21 heavy (non-hydrogen) atoms. The molecular weight excluding hydrogens is 282 g/mol. The van der Waals surface area contributed by atoms with Gasteiger partial charge in [-0.15, -0.1) is 10.2 Å². The Bertz CT molecular complexity index is 597. The number of fused-ring (bicyclic) bond motifs is 1. The highest BCUT2D eigenvalue weighted by Crippen LogP contribution is 2.38. The average molecular weight is 303 g/mol. The van der Waals surface area contributed by atoms with E-state index in [2.05, 4.69) is 41.5 Å². The Balaban J connectivity index is 1.72. The van der Waals surface area contributed by atoms with E-state index in [1.807, 2.05) is 12.1 Å². The van der Waals surface area contributed by atoms with Gasteiger partial charge in [0, 0.05) is 18.0 Å². The maximum absolute atomic E-state index is 5.72. The number of benzene rings is 1. The van der Waals surface area contributed by atoms with Crippen LogP contribution in [0.3, 0.4) is 0 Å². The van der Waals surface area contributed by atoms with Crippen LogP contribution in [0.4, 0.5) is 0 Å². The van der Waals surface area contributed by atoms with E-state index in [1.54, 1.807) is 11.3 Å². The second-order valence-electron chi connectivity index (χ2n) is 5.79. The molecule has 0 saturated heterocycles. The summed E-state index contributed by atoms with van der Waals surface area (Å²) in [4.78, 5) is 0. The van der Waals surface area contributed by atoms with E-state index in [9.17, 15) is 0 Å². The number of nitrogens with one attached hydrogen (secondary N) is 1. The van der Waals surface area contributed by atoms with Crippen LogP contribution in [0.2, 0.25) is 0 Å². The Morgan fingerprint density at radius 1 is 1.33 bits per heavy atom. The van der Waals surface area contributed by atoms with Crippen LogP contribution in [0.5, 0.6) is 5.75 Å². The molecule has 1 aromatic heterocycles. The summed E-state index contributed by atoms with van der Waals surface area (Å²) >= 11 is 1.71. The lowest BCUT2D eigenvalue weighted by atomic mass is 9.94. The molecule has 112 valence electrons. The van der Waals surface area contributed by atoms with Crippen molar-refractivity contribution in [1.29, 1.82) is 0 Å². The van der Waals surface area contributed by atoms with Crippen molar-refractivity contribution in [2.45, 2.75) is 32.7 Å². The van der Waals surface area contributed by atoms with Gasteiger partial charge in [0.15, 0.2) is 0 Å². The normalized spacial score (nSPS) is 17.6. The van der Waals surface area contributed by atoms with Gasteiger partial charge in [-0.3, -0.25) is 0 Å².